The van der Waals surface area contributed by atoms with Gasteiger partial charge in [0.1, 0.15) is 0 Å². The third kappa shape index (κ3) is 5.22. The molecule has 4 aromatic heterocycles. The summed E-state index contributed by atoms with van der Waals surface area (Å²) in [5, 5.41) is 2.07. The molecule has 0 bridgehead atoms. The van der Waals surface area contributed by atoms with E-state index < -0.39 is 0 Å². The smallest absolute Gasteiger partial charge is 0.216 e. The largest absolute Gasteiger partial charge is 0.486 e. The number of aryl methyl sites for hydroxylation is 3. The quantitative estimate of drug-likeness (QED) is 0.188. The van der Waals surface area contributed by atoms with E-state index in [1.807, 2.05) is 73.8 Å². The first kappa shape index (κ1) is 24.5. The normalized spacial score (nSPS) is 10.5. The third-order valence-electron chi connectivity index (χ3n) is 5.74. The van der Waals surface area contributed by atoms with Gasteiger partial charge in [-0.2, -0.15) is 0 Å². The molecule has 0 spiro atoms. The summed E-state index contributed by atoms with van der Waals surface area (Å²) in [5.41, 5.74) is 8.89. The maximum absolute atomic E-state index is 5.90. The van der Waals surface area contributed by atoms with Gasteiger partial charge in [-0.15, -0.1) is 54.1 Å². The molecule has 0 N–H and O–H groups in total. The Morgan fingerprint density at radius 2 is 1.60 bits per heavy atom. The Kier molecular flexibility index (Phi) is 7.50. The van der Waals surface area contributed by atoms with Gasteiger partial charge in [-0.1, -0.05) is 34.2 Å². The molecular formula is C30H23IrN3O-2. The standard InChI is InChI=1S/C17H11N2O.C13H12N.Ir/c1-11-7-9-18-15(10-11)14-5-2-4-12-13-6-3-8-19-17(13)20-16(12)14;1-10-8-13(14-9-11(10)2)12-6-4-3-5-7-12;/h2-4,6-10H,1H3;3-6,8-9H,1-2H3;/q2*-1;. The molecule has 4 heterocycles. The summed E-state index contributed by atoms with van der Waals surface area (Å²) >= 11 is 0. The van der Waals surface area contributed by atoms with Crippen molar-refractivity contribution in [2.24, 2.45) is 0 Å². The molecule has 1 radical (unpaired) electrons. The van der Waals surface area contributed by atoms with Crippen LogP contribution in [-0.2, 0) is 20.1 Å². The maximum atomic E-state index is 5.90. The Morgan fingerprint density at radius 1 is 0.714 bits per heavy atom. The van der Waals surface area contributed by atoms with E-state index in [0.29, 0.717) is 5.71 Å². The van der Waals surface area contributed by atoms with Gasteiger partial charge < -0.3 is 14.4 Å². The number of aromatic nitrogens is 3. The van der Waals surface area contributed by atoms with Crippen LogP contribution in [0.1, 0.15) is 16.7 Å². The van der Waals surface area contributed by atoms with Crippen molar-refractivity contribution in [1.82, 2.24) is 15.0 Å². The molecule has 0 aliphatic heterocycles. The van der Waals surface area contributed by atoms with Crippen LogP contribution < -0.4 is 0 Å². The molecule has 0 aliphatic carbocycles. The summed E-state index contributed by atoms with van der Waals surface area (Å²) in [7, 11) is 0. The molecule has 0 atom stereocenters. The first-order valence-corrected chi connectivity index (χ1v) is 11.1. The minimum atomic E-state index is 0. The molecule has 6 aromatic rings. The second kappa shape index (κ2) is 10.7. The number of nitrogens with zero attached hydrogens (tertiary/aromatic N) is 3. The molecular weight excluding hydrogens is 611 g/mol. The molecule has 35 heavy (non-hydrogen) atoms. The zero-order valence-corrected chi connectivity index (χ0v) is 22.1. The number of rotatable bonds is 2. The summed E-state index contributed by atoms with van der Waals surface area (Å²) in [6.45, 7) is 6.22. The fourth-order valence-corrected chi connectivity index (χ4v) is 3.76. The summed E-state index contributed by atoms with van der Waals surface area (Å²) in [6.07, 6.45) is 5.45. The molecule has 5 heteroatoms. The Bertz CT molecular complexity index is 1590. The minimum absolute atomic E-state index is 0. The average Bonchev–Trinajstić information content (AvgIpc) is 3.26. The van der Waals surface area contributed by atoms with Crippen LogP contribution >= 0.6 is 0 Å². The van der Waals surface area contributed by atoms with E-state index in [1.54, 1.807) is 12.4 Å². The molecule has 0 saturated carbocycles. The van der Waals surface area contributed by atoms with Crippen molar-refractivity contribution in [3.63, 3.8) is 0 Å². The zero-order valence-electron chi connectivity index (χ0n) is 19.7. The van der Waals surface area contributed by atoms with E-state index in [2.05, 4.69) is 47.0 Å². The van der Waals surface area contributed by atoms with E-state index in [1.165, 1.54) is 11.1 Å². The van der Waals surface area contributed by atoms with Crippen molar-refractivity contribution in [3.8, 4) is 22.5 Å². The van der Waals surface area contributed by atoms with Gasteiger partial charge in [0.15, 0.2) is 0 Å². The summed E-state index contributed by atoms with van der Waals surface area (Å²) in [6, 6.07) is 28.2. The molecule has 2 aromatic carbocycles. The van der Waals surface area contributed by atoms with Gasteiger partial charge in [-0.25, -0.2) is 4.98 Å². The van der Waals surface area contributed by atoms with E-state index >= 15 is 0 Å². The second-order valence-corrected chi connectivity index (χ2v) is 8.20. The minimum Gasteiger partial charge on any atom is -0.486 e. The number of benzene rings is 2. The van der Waals surface area contributed by atoms with Gasteiger partial charge in [0.05, 0.1) is 5.58 Å². The monoisotopic (exact) mass is 634 g/mol. The van der Waals surface area contributed by atoms with Crippen molar-refractivity contribution in [1.29, 1.82) is 0 Å². The van der Waals surface area contributed by atoms with Gasteiger partial charge in [-0.05, 0) is 55.9 Å². The summed E-state index contributed by atoms with van der Waals surface area (Å²) in [5.74, 6) is 0. The van der Waals surface area contributed by atoms with Crippen LogP contribution in [-0.4, -0.2) is 15.0 Å². The average molecular weight is 634 g/mol. The Morgan fingerprint density at radius 3 is 2.37 bits per heavy atom. The summed E-state index contributed by atoms with van der Waals surface area (Å²) < 4.78 is 5.90. The Labute approximate surface area is 218 Å². The van der Waals surface area contributed by atoms with Crippen molar-refractivity contribution in [2.45, 2.75) is 20.8 Å². The van der Waals surface area contributed by atoms with Gasteiger partial charge >= 0.3 is 0 Å². The van der Waals surface area contributed by atoms with E-state index in [9.17, 15) is 0 Å². The fourth-order valence-electron chi connectivity index (χ4n) is 3.76. The first-order valence-electron chi connectivity index (χ1n) is 11.1. The van der Waals surface area contributed by atoms with Crippen LogP contribution in [0.25, 0.3) is 44.6 Å². The van der Waals surface area contributed by atoms with E-state index in [4.69, 9.17) is 4.42 Å². The molecule has 0 aliphatic rings. The van der Waals surface area contributed by atoms with Gasteiger partial charge in [0.2, 0.25) is 5.71 Å². The van der Waals surface area contributed by atoms with Crippen LogP contribution in [0.15, 0.2) is 89.7 Å². The number of furan rings is 1. The van der Waals surface area contributed by atoms with Crippen LogP contribution in [0, 0.1) is 32.9 Å². The second-order valence-electron chi connectivity index (χ2n) is 8.20. The van der Waals surface area contributed by atoms with Gasteiger partial charge in [0, 0.05) is 44.1 Å². The molecule has 0 unspecified atom stereocenters. The van der Waals surface area contributed by atoms with Crippen LogP contribution in [0.5, 0.6) is 0 Å². The van der Waals surface area contributed by atoms with Crippen LogP contribution in [0.2, 0.25) is 0 Å². The SMILES string of the molecule is Cc1ccnc(-c2[c-]ccc3c2oc2ncccc23)c1.Cc1cnc(-c2[c-]cccc2)cc1C.[Ir]. The zero-order chi connectivity index (χ0) is 23.5. The summed E-state index contributed by atoms with van der Waals surface area (Å²) in [4.78, 5) is 13.1. The van der Waals surface area contributed by atoms with Gasteiger partial charge in [0.25, 0.3) is 0 Å². The number of fused-ring (bicyclic) bond motifs is 3. The Balaban J connectivity index is 0.000000171. The van der Waals surface area contributed by atoms with Crippen molar-refractivity contribution >= 4 is 22.1 Å². The van der Waals surface area contributed by atoms with Crippen molar-refractivity contribution in [3.05, 3.63) is 114 Å². The fraction of sp³-hybridized carbons (Fsp3) is 0.100. The first-order chi connectivity index (χ1) is 16.6. The topological polar surface area (TPSA) is 51.8 Å². The predicted molar refractivity (Wildman–Crippen MR) is 136 cm³/mol. The number of hydrogen-bond acceptors (Lipinski definition) is 4. The molecule has 0 fully saturated rings. The molecule has 0 amide bonds. The number of pyridine rings is 3. The third-order valence-corrected chi connectivity index (χ3v) is 5.74. The molecule has 6 rings (SSSR count). The molecule has 175 valence electrons. The van der Waals surface area contributed by atoms with Crippen molar-refractivity contribution < 1.29 is 24.5 Å². The van der Waals surface area contributed by atoms with Crippen molar-refractivity contribution in [2.75, 3.05) is 0 Å². The van der Waals surface area contributed by atoms with E-state index in [-0.39, 0.29) is 20.1 Å². The maximum Gasteiger partial charge on any atom is 0.216 e. The molecule has 4 nitrogen and oxygen atoms in total. The molecule has 0 saturated heterocycles. The van der Waals surface area contributed by atoms with E-state index in [0.717, 1.165) is 44.4 Å². The Hall–Kier alpha value is -3.66. The van der Waals surface area contributed by atoms with Gasteiger partial charge in [-0.3, -0.25) is 0 Å². The predicted octanol–water partition coefficient (Wildman–Crippen LogP) is 7.31. The van der Waals surface area contributed by atoms with Crippen LogP contribution in [0.3, 0.4) is 0 Å². The number of hydrogen-bond donors (Lipinski definition) is 0. The van der Waals surface area contributed by atoms with Crippen LogP contribution in [0.4, 0.5) is 0 Å².